The van der Waals surface area contributed by atoms with Crippen molar-refractivity contribution in [3.05, 3.63) is 90.5 Å². The van der Waals surface area contributed by atoms with Crippen molar-refractivity contribution in [3.8, 4) is 0 Å². The molecule has 2 amide bonds. The first-order valence-electron chi connectivity index (χ1n) is 11.0. The second-order valence-electron chi connectivity index (χ2n) is 8.03. The Balaban J connectivity index is 1.80. The fourth-order valence-electron chi connectivity index (χ4n) is 3.41. The number of rotatable bonds is 9. The lowest BCUT2D eigenvalue weighted by Gasteiger charge is -2.24. The molecule has 0 saturated carbocycles. The summed E-state index contributed by atoms with van der Waals surface area (Å²) in [6.07, 6.45) is 0.670. The maximum absolute atomic E-state index is 13.1. The van der Waals surface area contributed by atoms with Crippen molar-refractivity contribution in [1.82, 2.24) is 5.32 Å². The van der Waals surface area contributed by atoms with Crippen LogP contribution in [0.15, 0.2) is 89.8 Å². The van der Waals surface area contributed by atoms with Gasteiger partial charge in [-0.3, -0.25) is 13.9 Å². The minimum absolute atomic E-state index is 0.0464. The van der Waals surface area contributed by atoms with E-state index in [4.69, 9.17) is 0 Å². The lowest BCUT2D eigenvalue weighted by molar-refractivity contribution is -0.119. The molecule has 0 bridgehead atoms. The molecule has 3 aromatic rings. The van der Waals surface area contributed by atoms with Gasteiger partial charge in [0.05, 0.1) is 10.6 Å². The highest BCUT2D eigenvalue weighted by Gasteiger charge is 2.27. The molecule has 0 heterocycles. The molecule has 0 saturated heterocycles. The Morgan fingerprint density at radius 2 is 1.53 bits per heavy atom. The van der Waals surface area contributed by atoms with E-state index >= 15 is 0 Å². The lowest BCUT2D eigenvalue weighted by atomic mass is 9.97. The van der Waals surface area contributed by atoms with Crippen molar-refractivity contribution in [2.45, 2.75) is 31.2 Å². The molecular formula is C26H29N3O4S. The summed E-state index contributed by atoms with van der Waals surface area (Å²) in [4.78, 5) is 25.8. The zero-order valence-electron chi connectivity index (χ0n) is 19.4. The van der Waals surface area contributed by atoms with Gasteiger partial charge in [-0.05, 0) is 48.4 Å². The van der Waals surface area contributed by atoms with E-state index in [1.165, 1.54) is 23.5 Å². The molecule has 0 unspecified atom stereocenters. The Bertz CT molecular complexity index is 1230. The van der Waals surface area contributed by atoms with E-state index in [1.54, 1.807) is 60.7 Å². The first-order valence-corrected chi connectivity index (χ1v) is 12.5. The normalized spacial score (nSPS) is 12.9. The van der Waals surface area contributed by atoms with Gasteiger partial charge in [0.15, 0.2) is 0 Å². The SMILES string of the molecule is CC[C@H](C)[C@H](NC(=O)c1ccccc1)C(=O)Nc1cccc(S(=O)(=O)N(C)c2ccccc2)c1. The van der Waals surface area contributed by atoms with E-state index in [0.717, 1.165) is 0 Å². The highest BCUT2D eigenvalue weighted by atomic mass is 32.2. The summed E-state index contributed by atoms with van der Waals surface area (Å²) in [6, 6.07) is 22.7. The number of nitrogens with one attached hydrogen (secondary N) is 2. The van der Waals surface area contributed by atoms with Crippen LogP contribution in [0.25, 0.3) is 0 Å². The molecule has 0 spiro atoms. The van der Waals surface area contributed by atoms with Gasteiger partial charge in [0.2, 0.25) is 5.91 Å². The molecule has 3 rings (SSSR count). The second kappa shape index (κ2) is 11.0. The third kappa shape index (κ3) is 5.82. The first-order chi connectivity index (χ1) is 16.2. The van der Waals surface area contributed by atoms with E-state index in [9.17, 15) is 18.0 Å². The zero-order valence-corrected chi connectivity index (χ0v) is 20.2. The lowest BCUT2D eigenvalue weighted by Crippen LogP contribution is -2.47. The molecular weight excluding hydrogens is 450 g/mol. The van der Waals surface area contributed by atoms with E-state index in [2.05, 4.69) is 10.6 Å². The van der Waals surface area contributed by atoms with Crippen LogP contribution in [0.3, 0.4) is 0 Å². The van der Waals surface area contributed by atoms with Gasteiger partial charge < -0.3 is 10.6 Å². The molecule has 34 heavy (non-hydrogen) atoms. The molecule has 178 valence electrons. The molecule has 8 heteroatoms. The van der Waals surface area contributed by atoms with Crippen molar-refractivity contribution in [1.29, 1.82) is 0 Å². The highest BCUT2D eigenvalue weighted by molar-refractivity contribution is 7.92. The number of hydrogen-bond acceptors (Lipinski definition) is 4. The summed E-state index contributed by atoms with van der Waals surface area (Å²) < 4.78 is 27.4. The number of nitrogens with zero attached hydrogens (tertiary/aromatic N) is 1. The molecule has 0 aliphatic rings. The Labute approximate surface area is 200 Å². The van der Waals surface area contributed by atoms with E-state index < -0.39 is 22.0 Å². The molecule has 0 fully saturated rings. The first kappa shape index (κ1) is 25.0. The maximum Gasteiger partial charge on any atom is 0.264 e. The maximum atomic E-state index is 13.1. The smallest absolute Gasteiger partial charge is 0.264 e. The summed E-state index contributed by atoms with van der Waals surface area (Å²) in [5.74, 6) is -0.893. The van der Waals surface area contributed by atoms with Crippen molar-refractivity contribution >= 4 is 33.2 Å². The monoisotopic (exact) mass is 479 g/mol. The van der Waals surface area contributed by atoms with Gasteiger partial charge in [0.1, 0.15) is 6.04 Å². The third-order valence-corrected chi connectivity index (χ3v) is 7.48. The Hall–Kier alpha value is -3.65. The minimum atomic E-state index is -3.83. The molecule has 0 aromatic heterocycles. The van der Waals surface area contributed by atoms with Crippen LogP contribution in [0.4, 0.5) is 11.4 Å². The van der Waals surface area contributed by atoms with E-state index in [-0.39, 0.29) is 16.7 Å². The second-order valence-corrected chi connectivity index (χ2v) is 10.00. The van der Waals surface area contributed by atoms with Gasteiger partial charge in [-0.2, -0.15) is 0 Å². The van der Waals surface area contributed by atoms with Crippen LogP contribution >= 0.6 is 0 Å². The van der Waals surface area contributed by atoms with E-state index in [1.807, 2.05) is 26.0 Å². The average Bonchev–Trinajstić information content (AvgIpc) is 2.87. The number of benzene rings is 3. The molecule has 2 N–H and O–H groups in total. The summed E-state index contributed by atoms with van der Waals surface area (Å²) in [5, 5.41) is 5.58. The van der Waals surface area contributed by atoms with Crippen LogP contribution in [0, 0.1) is 5.92 Å². The summed E-state index contributed by atoms with van der Waals surface area (Å²) in [5.41, 5.74) is 1.31. The Morgan fingerprint density at radius 3 is 2.15 bits per heavy atom. The van der Waals surface area contributed by atoms with E-state index in [0.29, 0.717) is 23.4 Å². The molecule has 0 aliphatic carbocycles. The minimum Gasteiger partial charge on any atom is -0.340 e. The average molecular weight is 480 g/mol. The Kier molecular flexibility index (Phi) is 8.07. The van der Waals surface area contributed by atoms with Gasteiger partial charge in [-0.25, -0.2) is 8.42 Å². The van der Waals surface area contributed by atoms with Crippen molar-refractivity contribution in [2.75, 3.05) is 16.7 Å². The number of anilines is 2. The number of para-hydroxylation sites is 1. The van der Waals surface area contributed by atoms with Crippen LogP contribution in [-0.2, 0) is 14.8 Å². The molecule has 0 radical (unpaired) electrons. The topological polar surface area (TPSA) is 95.6 Å². The third-order valence-electron chi connectivity index (χ3n) is 5.70. The quantitative estimate of drug-likeness (QED) is 0.478. The van der Waals surface area contributed by atoms with Gasteiger partial charge >= 0.3 is 0 Å². The van der Waals surface area contributed by atoms with Gasteiger partial charge in [0, 0.05) is 18.3 Å². The molecule has 0 aliphatic heterocycles. The van der Waals surface area contributed by atoms with Crippen molar-refractivity contribution in [2.24, 2.45) is 5.92 Å². The standard InChI is InChI=1S/C26H29N3O4S/c1-4-19(2)24(28-25(30)20-12-7-5-8-13-20)26(31)27-21-14-11-17-23(18-21)34(32,33)29(3)22-15-9-6-10-16-22/h5-19,24H,4H2,1-3H3,(H,27,31)(H,28,30)/t19-,24-/m0/s1. The highest BCUT2D eigenvalue weighted by Crippen LogP contribution is 2.24. The Morgan fingerprint density at radius 1 is 0.912 bits per heavy atom. The summed E-state index contributed by atoms with van der Waals surface area (Å²) >= 11 is 0. The summed E-state index contributed by atoms with van der Waals surface area (Å²) in [6.45, 7) is 3.82. The fourth-order valence-corrected chi connectivity index (χ4v) is 4.65. The fraction of sp³-hybridized carbons (Fsp3) is 0.231. The predicted octanol–water partition coefficient (Wildman–Crippen LogP) is 4.29. The largest absolute Gasteiger partial charge is 0.340 e. The van der Waals surface area contributed by atoms with Crippen LogP contribution in [0.1, 0.15) is 30.6 Å². The number of carbonyl (C=O) groups is 2. The van der Waals surface area contributed by atoms with Crippen LogP contribution in [-0.4, -0.2) is 33.3 Å². The number of hydrogen-bond donors (Lipinski definition) is 2. The van der Waals surface area contributed by atoms with Crippen LogP contribution < -0.4 is 14.9 Å². The van der Waals surface area contributed by atoms with Crippen molar-refractivity contribution < 1.29 is 18.0 Å². The predicted molar refractivity (Wildman–Crippen MR) is 134 cm³/mol. The van der Waals surface area contributed by atoms with Gasteiger partial charge in [-0.1, -0.05) is 62.7 Å². The molecule has 7 nitrogen and oxygen atoms in total. The van der Waals surface area contributed by atoms with Crippen LogP contribution in [0.5, 0.6) is 0 Å². The molecule has 2 atom stereocenters. The van der Waals surface area contributed by atoms with Crippen LogP contribution in [0.2, 0.25) is 0 Å². The zero-order chi connectivity index (χ0) is 24.7. The summed E-state index contributed by atoms with van der Waals surface area (Å²) in [7, 11) is -2.35. The number of sulfonamides is 1. The van der Waals surface area contributed by atoms with Gasteiger partial charge in [0.25, 0.3) is 15.9 Å². The molecule has 3 aromatic carbocycles. The number of amides is 2. The van der Waals surface area contributed by atoms with Crippen molar-refractivity contribution in [3.63, 3.8) is 0 Å². The van der Waals surface area contributed by atoms with Gasteiger partial charge in [-0.15, -0.1) is 0 Å². The number of carbonyl (C=O) groups excluding carboxylic acids is 2.